The van der Waals surface area contributed by atoms with Crippen LogP contribution in [0, 0.1) is 6.92 Å². The number of fused-ring (bicyclic) bond motifs is 1. The fourth-order valence-electron chi connectivity index (χ4n) is 3.89. The lowest BCUT2D eigenvalue weighted by molar-refractivity contribution is -0.0114. The van der Waals surface area contributed by atoms with Crippen LogP contribution < -0.4 is 9.46 Å². The molecule has 2 atom stereocenters. The monoisotopic (exact) mass is 595 g/mol. The van der Waals surface area contributed by atoms with Crippen molar-refractivity contribution < 1.29 is 22.6 Å². The standard InChI is InChI=1S/C25H34BrN3O5SSi/c1-18-5-7-20(8-6-18)35(30,31)28-22-10-12-32-16-23(22)34-25-21(26)15-19-9-11-29(24(19)27-25)17-33-13-14-36(2,3)4/h5-9,11,15,22-23,28H,10,12-14,16-17H2,1-4H3/t22-,23+/m1/s1. The number of hydrogen-bond donors (Lipinski definition) is 1. The number of rotatable bonds is 10. The van der Waals surface area contributed by atoms with Gasteiger partial charge in [-0.3, -0.25) is 0 Å². The first-order valence-corrected chi connectivity index (χ1v) is 18.1. The molecule has 1 aliphatic heterocycles. The Bertz CT molecular complexity index is 1290. The van der Waals surface area contributed by atoms with Crippen LogP contribution in [0.4, 0.5) is 0 Å². The molecule has 4 rings (SSSR count). The SMILES string of the molecule is Cc1ccc(S(=O)(=O)N[C@@H]2CCOC[C@@H]2Oc2nc3c(ccn3COCC[Si](C)(C)C)cc2Br)cc1. The molecular formula is C25H34BrN3O5SSi. The Labute approximate surface area is 222 Å². The van der Waals surface area contributed by atoms with Crippen molar-refractivity contribution in [2.75, 3.05) is 19.8 Å². The molecule has 1 saturated heterocycles. The first-order valence-electron chi connectivity index (χ1n) is 12.1. The second-order valence-electron chi connectivity index (χ2n) is 10.4. The third-order valence-electron chi connectivity index (χ3n) is 6.09. The van der Waals surface area contributed by atoms with Gasteiger partial charge in [0.05, 0.1) is 22.0 Å². The number of aryl methyl sites for hydroxylation is 1. The van der Waals surface area contributed by atoms with Crippen molar-refractivity contribution in [3.05, 3.63) is 52.6 Å². The molecule has 1 N–H and O–H groups in total. The largest absolute Gasteiger partial charge is 0.469 e. The van der Waals surface area contributed by atoms with Gasteiger partial charge in [0.25, 0.3) is 0 Å². The third-order valence-corrected chi connectivity index (χ3v) is 9.87. The molecule has 1 aliphatic rings. The van der Waals surface area contributed by atoms with Gasteiger partial charge in [-0.05, 0) is 59.6 Å². The first-order chi connectivity index (χ1) is 17.0. The molecule has 0 amide bonds. The highest BCUT2D eigenvalue weighted by atomic mass is 79.9. The van der Waals surface area contributed by atoms with E-state index < -0.39 is 30.2 Å². The maximum atomic E-state index is 13.0. The molecule has 0 bridgehead atoms. The number of nitrogens with zero attached hydrogens (tertiary/aromatic N) is 2. The highest BCUT2D eigenvalue weighted by Crippen LogP contribution is 2.30. The molecule has 0 unspecified atom stereocenters. The number of sulfonamides is 1. The molecule has 1 fully saturated rings. The maximum absolute atomic E-state index is 13.0. The van der Waals surface area contributed by atoms with E-state index in [0.717, 1.165) is 29.2 Å². The van der Waals surface area contributed by atoms with Crippen LogP contribution in [0.1, 0.15) is 12.0 Å². The minimum absolute atomic E-state index is 0.228. The van der Waals surface area contributed by atoms with Gasteiger partial charge in [-0.2, -0.15) is 4.98 Å². The molecule has 36 heavy (non-hydrogen) atoms. The second-order valence-corrected chi connectivity index (χ2v) is 18.6. The molecule has 8 nitrogen and oxygen atoms in total. The zero-order chi connectivity index (χ0) is 25.9. The van der Waals surface area contributed by atoms with Gasteiger partial charge in [0.15, 0.2) is 0 Å². The van der Waals surface area contributed by atoms with E-state index >= 15 is 0 Å². The van der Waals surface area contributed by atoms with E-state index in [2.05, 4.69) is 40.3 Å². The summed E-state index contributed by atoms with van der Waals surface area (Å²) in [5.74, 6) is 0.389. The third kappa shape index (κ3) is 6.96. The van der Waals surface area contributed by atoms with Crippen molar-refractivity contribution in [3.8, 4) is 5.88 Å². The number of benzene rings is 1. The average Bonchev–Trinajstić information content (AvgIpc) is 3.19. The molecule has 3 heterocycles. The van der Waals surface area contributed by atoms with Gasteiger partial charge in [0, 0.05) is 32.9 Å². The van der Waals surface area contributed by atoms with Gasteiger partial charge in [-0.15, -0.1) is 0 Å². The van der Waals surface area contributed by atoms with Crippen molar-refractivity contribution in [2.24, 2.45) is 0 Å². The summed E-state index contributed by atoms with van der Waals surface area (Å²) in [5.41, 5.74) is 1.74. The smallest absolute Gasteiger partial charge is 0.240 e. The summed E-state index contributed by atoms with van der Waals surface area (Å²) < 4.78 is 49.2. The van der Waals surface area contributed by atoms with E-state index in [4.69, 9.17) is 19.2 Å². The quantitative estimate of drug-likeness (QED) is 0.264. The summed E-state index contributed by atoms with van der Waals surface area (Å²) in [6.07, 6.45) is 1.92. The van der Waals surface area contributed by atoms with Crippen LogP contribution in [0.15, 0.2) is 52.0 Å². The van der Waals surface area contributed by atoms with Crippen molar-refractivity contribution in [1.29, 1.82) is 0 Å². The minimum atomic E-state index is -3.70. The Hall–Kier alpha value is -1.76. The molecule has 11 heteroatoms. The Morgan fingerprint density at radius 1 is 1.22 bits per heavy atom. The molecule has 0 spiro atoms. The summed E-state index contributed by atoms with van der Waals surface area (Å²) in [6, 6.07) is 11.4. The highest BCUT2D eigenvalue weighted by Gasteiger charge is 2.32. The summed E-state index contributed by atoms with van der Waals surface area (Å²) in [5, 5.41) is 0.958. The lowest BCUT2D eigenvalue weighted by Gasteiger charge is -2.32. The van der Waals surface area contributed by atoms with Gasteiger partial charge in [-0.1, -0.05) is 37.3 Å². The van der Waals surface area contributed by atoms with Gasteiger partial charge in [0.2, 0.25) is 15.9 Å². The van der Waals surface area contributed by atoms with Gasteiger partial charge in [0.1, 0.15) is 18.5 Å². The van der Waals surface area contributed by atoms with Crippen molar-refractivity contribution in [2.45, 2.75) is 62.8 Å². The predicted molar refractivity (Wildman–Crippen MR) is 147 cm³/mol. The van der Waals surface area contributed by atoms with Crippen LogP contribution in [0.2, 0.25) is 25.7 Å². The lowest BCUT2D eigenvalue weighted by Crippen LogP contribution is -2.51. The predicted octanol–water partition coefficient (Wildman–Crippen LogP) is 4.93. The molecular weight excluding hydrogens is 562 g/mol. The number of aromatic nitrogens is 2. The molecule has 0 aliphatic carbocycles. The summed E-state index contributed by atoms with van der Waals surface area (Å²) in [7, 11) is -4.86. The topological polar surface area (TPSA) is 91.7 Å². The van der Waals surface area contributed by atoms with Crippen molar-refractivity contribution >= 4 is 45.1 Å². The second kappa shape index (κ2) is 11.3. The Morgan fingerprint density at radius 2 is 1.97 bits per heavy atom. The van der Waals surface area contributed by atoms with Crippen molar-refractivity contribution in [3.63, 3.8) is 0 Å². The molecule has 196 valence electrons. The maximum Gasteiger partial charge on any atom is 0.240 e. The van der Waals surface area contributed by atoms with Crippen LogP contribution in [-0.2, 0) is 26.2 Å². The van der Waals surface area contributed by atoms with Crippen LogP contribution in [0.5, 0.6) is 5.88 Å². The average molecular weight is 597 g/mol. The number of hydrogen-bond acceptors (Lipinski definition) is 6. The van der Waals surface area contributed by atoms with E-state index in [1.165, 1.54) is 0 Å². The fraction of sp³-hybridized carbons (Fsp3) is 0.480. The molecule has 0 radical (unpaired) electrons. The number of pyridine rings is 1. The first kappa shape index (κ1) is 27.3. The molecule has 3 aromatic rings. The van der Waals surface area contributed by atoms with Crippen LogP contribution in [0.3, 0.4) is 0 Å². The van der Waals surface area contributed by atoms with Crippen LogP contribution in [0.25, 0.3) is 11.0 Å². The van der Waals surface area contributed by atoms with Crippen molar-refractivity contribution in [1.82, 2.24) is 14.3 Å². The summed E-state index contributed by atoms with van der Waals surface area (Å²) >= 11 is 3.56. The van der Waals surface area contributed by atoms with Gasteiger partial charge < -0.3 is 18.8 Å². The summed E-state index contributed by atoms with van der Waals surface area (Å²) in [4.78, 5) is 4.97. The van der Waals surface area contributed by atoms with Gasteiger partial charge in [-0.25, -0.2) is 13.1 Å². The zero-order valence-electron chi connectivity index (χ0n) is 21.2. The van der Waals surface area contributed by atoms with Crippen LogP contribution in [-0.4, -0.2) is 58.0 Å². The van der Waals surface area contributed by atoms with E-state index in [1.807, 2.05) is 29.8 Å². The Morgan fingerprint density at radius 3 is 2.69 bits per heavy atom. The normalized spacial score (nSPS) is 19.0. The molecule has 0 saturated carbocycles. The highest BCUT2D eigenvalue weighted by molar-refractivity contribution is 9.10. The van der Waals surface area contributed by atoms with E-state index in [1.54, 1.807) is 24.3 Å². The number of ether oxygens (including phenoxy) is 3. The number of halogens is 1. The number of nitrogens with one attached hydrogen (secondary N) is 1. The van der Waals surface area contributed by atoms with Crippen LogP contribution >= 0.6 is 15.9 Å². The van der Waals surface area contributed by atoms with E-state index in [-0.39, 0.29) is 11.5 Å². The lowest BCUT2D eigenvalue weighted by atomic mass is 10.1. The van der Waals surface area contributed by atoms with E-state index in [0.29, 0.717) is 30.1 Å². The molecule has 1 aromatic carbocycles. The Kier molecular flexibility index (Phi) is 8.58. The zero-order valence-corrected chi connectivity index (χ0v) is 24.6. The summed E-state index contributed by atoms with van der Waals surface area (Å²) in [6.45, 7) is 10.7. The minimum Gasteiger partial charge on any atom is -0.469 e. The molecule has 2 aromatic heterocycles. The Balaban J connectivity index is 1.49. The van der Waals surface area contributed by atoms with Gasteiger partial charge >= 0.3 is 0 Å². The fourth-order valence-corrected chi connectivity index (χ4v) is 6.37. The van der Waals surface area contributed by atoms with E-state index in [9.17, 15) is 8.42 Å².